The third-order valence-electron chi connectivity index (χ3n) is 8.29. The van der Waals surface area contributed by atoms with Crippen molar-refractivity contribution in [2.75, 3.05) is 11.9 Å². The number of carbonyl (C=O) groups is 1. The number of nitrogens with zero attached hydrogens (tertiary/aromatic N) is 5. The molecule has 11 heteroatoms. The van der Waals surface area contributed by atoms with Crippen LogP contribution in [0.2, 0.25) is 0 Å². The van der Waals surface area contributed by atoms with E-state index in [9.17, 15) is 23.1 Å². The average molecular weight is 545 g/mol. The molecule has 3 aromatic rings. The number of carboxylic acids is 1. The highest BCUT2D eigenvalue weighted by Gasteiger charge is 2.41. The fourth-order valence-electron chi connectivity index (χ4n) is 5.66. The van der Waals surface area contributed by atoms with Gasteiger partial charge in [0.2, 0.25) is 5.82 Å². The minimum absolute atomic E-state index is 0.00927. The largest absolute Gasteiger partial charge is 0.475 e. The molecule has 39 heavy (non-hydrogen) atoms. The molecule has 2 N–H and O–H groups in total. The SMILES string of the molecule is CC(C)c1ccnc(-c2nc3nc(C(=O)O)nc(NCCC4CCC4)c3n2C[C@H]2CC[C@H](C(F)(F)F)CC2)c1. The first kappa shape index (κ1) is 27.3. The van der Waals surface area contributed by atoms with Gasteiger partial charge < -0.3 is 15.0 Å². The van der Waals surface area contributed by atoms with E-state index < -0.39 is 18.1 Å². The lowest BCUT2D eigenvalue weighted by Crippen LogP contribution is -2.29. The number of halogens is 3. The normalized spacial score (nSPS) is 20.4. The summed E-state index contributed by atoms with van der Waals surface area (Å²) in [5, 5.41) is 13.0. The van der Waals surface area contributed by atoms with Crippen molar-refractivity contribution in [3.63, 3.8) is 0 Å². The maximum Gasteiger partial charge on any atom is 0.391 e. The Hall–Kier alpha value is -3.24. The molecular formula is C28H35F3N6O2. The second kappa shape index (κ2) is 11.1. The van der Waals surface area contributed by atoms with Crippen LogP contribution in [0, 0.1) is 17.8 Å². The number of nitrogens with one attached hydrogen (secondary N) is 1. The van der Waals surface area contributed by atoms with Gasteiger partial charge in [-0.05, 0) is 67.6 Å². The number of anilines is 1. The number of rotatable bonds is 9. The molecule has 2 aliphatic rings. The lowest BCUT2D eigenvalue weighted by atomic mass is 9.81. The van der Waals surface area contributed by atoms with E-state index in [1.165, 1.54) is 19.3 Å². The van der Waals surface area contributed by atoms with Crippen LogP contribution in [0.4, 0.5) is 19.0 Å². The minimum Gasteiger partial charge on any atom is -0.475 e. The molecule has 0 atom stereocenters. The number of pyridine rings is 1. The predicted octanol–water partition coefficient (Wildman–Crippen LogP) is 6.68. The Morgan fingerprint density at radius 1 is 1.10 bits per heavy atom. The molecule has 0 amide bonds. The van der Waals surface area contributed by atoms with Crippen LogP contribution in [0.15, 0.2) is 18.3 Å². The van der Waals surface area contributed by atoms with Gasteiger partial charge in [-0.2, -0.15) is 13.2 Å². The maximum atomic E-state index is 13.3. The number of hydrogen-bond donors (Lipinski definition) is 2. The number of aromatic nitrogens is 5. The van der Waals surface area contributed by atoms with Crippen LogP contribution in [-0.4, -0.2) is 48.3 Å². The monoisotopic (exact) mass is 544 g/mol. The van der Waals surface area contributed by atoms with Gasteiger partial charge in [0, 0.05) is 19.3 Å². The topological polar surface area (TPSA) is 106 Å². The summed E-state index contributed by atoms with van der Waals surface area (Å²) in [6.07, 6.45) is 3.22. The molecule has 0 unspecified atom stereocenters. The second-order valence-corrected chi connectivity index (χ2v) is 11.3. The number of imidazole rings is 1. The Labute approximate surface area is 225 Å². The summed E-state index contributed by atoms with van der Waals surface area (Å²) >= 11 is 0. The zero-order chi connectivity index (χ0) is 27.7. The van der Waals surface area contributed by atoms with Gasteiger partial charge in [-0.15, -0.1) is 0 Å². The lowest BCUT2D eigenvalue weighted by Gasteiger charge is -2.30. The molecular weight excluding hydrogens is 509 g/mol. The van der Waals surface area contributed by atoms with Gasteiger partial charge in [0.05, 0.1) is 5.92 Å². The van der Waals surface area contributed by atoms with Crippen molar-refractivity contribution in [1.82, 2.24) is 24.5 Å². The highest BCUT2D eigenvalue weighted by molar-refractivity contribution is 5.92. The number of aromatic carboxylic acids is 1. The van der Waals surface area contributed by atoms with Crippen molar-refractivity contribution in [2.45, 2.75) is 83.9 Å². The smallest absolute Gasteiger partial charge is 0.391 e. The average Bonchev–Trinajstić information content (AvgIpc) is 3.23. The van der Waals surface area contributed by atoms with Crippen molar-refractivity contribution in [3.8, 4) is 11.5 Å². The Morgan fingerprint density at radius 3 is 2.46 bits per heavy atom. The minimum atomic E-state index is -4.17. The predicted molar refractivity (Wildman–Crippen MR) is 142 cm³/mol. The van der Waals surface area contributed by atoms with E-state index in [1.807, 2.05) is 16.7 Å². The fraction of sp³-hybridized carbons (Fsp3) is 0.607. The van der Waals surface area contributed by atoms with E-state index in [-0.39, 0.29) is 36.1 Å². The van der Waals surface area contributed by atoms with Crippen LogP contribution in [-0.2, 0) is 6.54 Å². The third kappa shape index (κ3) is 6.01. The first-order valence-corrected chi connectivity index (χ1v) is 13.9. The lowest BCUT2D eigenvalue weighted by molar-refractivity contribution is -0.184. The molecule has 2 saturated carbocycles. The first-order valence-electron chi connectivity index (χ1n) is 13.9. The molecule has 3 heterocycles. The quantitative estimate of drug-likeness (QED) is 0.309. The summed E-state index contributed by atoms with van der Waals surface area (Å²) in [5.41, 5.74) is 2.49. The molecule has 210 valence electrons. The molecule has 2 aliphatic carbocycles. The fourth-order valence-corrected chi connectivity index (χ4v) is 5.66. The van der Waals surface area contributed by atoms with Crippen molar-refractivity contribution >= 4 is 23.0 Å². The van der Waals surface area contributed by atoms with Crippen LogP contribution in [0.3, 0.4) is 0 Å². The third-order valence-corrected chi connectivity index (χ3v) is 8.29. The summed E-state index contributed by atoms with van der Waals surface area (Å²) in [6.45, 7) is 5.22. The Kier molecular flexibility index (Phi) is 7.77. The molecule has 0 radical (unpaired) electrons. The van der Waals surface area contributed by atoms with Crippen molar-refractivity contribution < 1.29 is 23.1 Å². The number of alkyl halides is 3. The summed E-state index contributed by atoms with van der Waals surface area (Å²) in [6, 6.07) is 3.90. The molecule has 5 rings (SSSR count). The molecule has 0 bridgehead atoms. The van der Waals surface area contributed by atoms with Gasteiger partial charge >= 0.3 is 12.1 Å². The molecule has 0 spiro atoms. The maximum absolute atomic E-state index is 13.3. The molecule has 3 aromatic heterocycles. The highest BCUT2D eigenvalue weighted by Crippen LogP contribution is 2.41. The van der Waals surface area contributed by atoms with E-state index >= 15 is 0 Å². The van der Waals surface area contributed by atoms with Gasteiger partial charge in [-0.3, -0.25) is 4.98 Å². The Bertz CT molecular complexity index is 1330. The molecule has 0 aliphatic heterocycles. The van der Waals surface area contributed by atoms with Crippen LogP contribution in [0.5, 0.6) is 0 Å². The Morgan fingerprint density at radius 2 is 1.85 bits per heavy atom. The zero-order valence-electron chi connectivity index (χ0n) is 22.3. The van der Waals surface area contributed by atoms with E-state index in [0.29, 0.717) is 54.7 Å². The number of fused-ring (bicyclic) bond motifs is 1. The van der Waals surface area contributed by atoms with Gasteiger partial charge in [0.1, 0.15) is 11.2 Å². The van der Waals surface area contributed by atoms with E-state index in [2.05, 4.69) is 34.1 Å². The summed E-state index contributed by atoms with van der Waals surface area (Å²) < 4.78 is 41.9. The molecule has 0 aromatic carbocycles. The van der Waals surface area contributed by atoms with Gasteiger partial charge in [0.25, 0.3) is 0 Å². The summed E-state index contributed by atoms with van der Waals surface area (Å²) in [7, 11) is 0. The molecule has 8 nitrogen and oxygen atoms in total. The van der Waals surface area contributed by atoms with Gasteiger partial charge in [-0.25, -0.2) is 19.7 Å². The Balaban J connectivity index is 1.56. The zero-order valence-corrected chi connectivity index (χ0v) is 22.3. The standard InChI is InChI=1S/C28H35F3N6O2/c1-16(2)19-11-13-32-21(14-19)26-36-24-22(37(26)15-18-6-8-20(9-7-18)28(29,30)31)23(34-25(35-24)27(38)39)33-12-10-17-4-3-5-17/h11,13-14,16-18,20H,3-10,12,15H2,1-2H3,(H,38,39)(H,33,34,35)/t18-,20-. The van der Waals surface area contributed by atoms with Crippen molar-refractivity contribution in [2.24, 2.45) is 17.8 Å². The number of carboxylic acid groups (broad SMARTS) is 1. The van der Waals surface area contributed by atoms with Crippen molar-refractivity contribution in [1.29, 1.82) is 0 Å². The first-order chi connectivity index (χ1) is 18.6. The molecule has 0 saturated heterocycles. The molecule has 2 fully saturated rings. The van der Waals surface area contributed by atoms with Crippen LogP contribution >= 0.6 is 0 Å². The van der Waals surface area contributed by atoms with Gasteiger partial charge in [0.15, 0.2) is 17.3 Å². The highest BCUT2D eigenvalue weighted by atomic mass is 19.4. The van der Waals surface area contributed by atoms with Gasteiger partial charge in [-0.1, -0.05) is 33.1 Å². The second-order valence-electron chi connectivity index (χ2n) is 11.3. The van der Waals surface area contributed by atoms with E-state index in [0.717, 1.165) is 12.0 Å². The summed E-state index contributed by atoms with van der Waals surface area (Å²) in [5.74, 6) is -1.04. The van der Waals surface area contributed by atoms with Crippen LogP contribution < -0.4 is 5.32 Å². The van der Waals surface area contributed by atoms with E-state index in [4.69, 9.17) is 4.98 Å². The van der Waals surface area contributed by atoms with Crippen LogP contribution in [0.1, 0.15) is 87.3 Å². The van der Waals surface area contributed by atoms with Crippen LogP contribution in [0.25, 0.3) is 22.7 Å². The van der Waals surface area contributed by atoms with Crippen molar-refractivity contribution in [3.05, 3.63) is 29.7 Å². The summed E-state index contributed by atoms with van der Waals surface area (Å²) in [4.78, 5) is 29.7. The van der Waals surface area contributed by atoms with E-state index in [1.54, 1.807) is 6.20 Å². The number of hydrogen-bond acceptors (Lipinski definition) is 6.